The highest BCUT2D eigenvalue weighted by Crippen LogP contribution is 2.62. The quantitative estimate of drug-likeness (QED) is 0.268. The number of hydrogen-bond donors (Lipinski definition) is 0. The lowest BCUT2D eigenvalue weighted by molar-refractivity contribution is 0.708. The van der Waals surface area contributed by atoms with Gasteiger partial charge in [0.15, 0.2) is 0 Å². The van der Waals surface area contributed by atoms with Gasteiger partial charge >= 0.3 is 0 Å². The van der Waals surface area contributed by atoms with Gasteiger partial charge in [0.05, 0.1) is 0 Å². The molecule has 2 aromatic carbocycles. The average Bonchev–Trinajstić information content (AvgIpc) is 3.12. The predicted molar refractivity (Wildman–Crippen MR) is 177 cm³/mol. The Balaban J connectivity index is 2.14. The predicted octanol–water partition coefficient (Wildman–Crippen LogP) is 9.69. The van der Waals surface area contributed by atoms with Gasteiger partial charge in [0, 0.05) is 11.4 Å². The van der Waals surface area contributed by atoms with E-state index in [9.17, 15) is 0 Å². The molecule has 0 saturated carbocycles. The van der Waals surface area contributed by atoms with Crippen LogP contribution in [0.3, 0.4) is 0 Å². The normalized spacial score (nSPS) is 15.9. The van der Waals surface area contributed by atoms with E-state index in [1.165, 1.54) is 29.7 Å². The fourth-order valence-electron chi connectivity index (χ4n) is 6.53. The maximum atomic E-state index is 2.70. The average molecular weight is 536 g/mol. The number of nitrogens with zero attached hydrogens (tertiary/aromatic N) is 2. The molecule has 202 valence electrons. The third-order valence-corrected chi connectivity index (χ3v) is 15.6. The van der Waals surface area contributed by atoms with Crippen LogP contribution >= 0.6 is 15.8 Å². The van der Waals surface area contributed by atoms with Crippen molar-refractivity contribution in [3.63, 3.8) is 0 Å². The molecule has 1 aliphatic heterocycles. The Morgan fingerprint density at radius 2 is 0.784 bits per heavy atom. The molecule has 0 bridgehead atoms. The zero-order valence-electron chi connectivity index (χ0n) is 25.8. The smallest absolute Gasteiger partial charge is 0.279 e. The van der Waals surface area contributed by atoms with E-state index in [-0.39, 0.29) is 15.8 Å². The zero-order valence-corrected chi connectivity index (χ0v) is 27.6. The highest BCUT2D eigenvalue weighted by Gasteiger charge is 2.50. The minimum atomic E-state index is -0.206. The van der Waals surface area contributed by atoms with E-state index in [0.717, 1.165) is 0 Å². The van der Waals surface area contributed by atoms with E-state index in [2.05, 4.69) is 154 Å². The molecule has 3 rings (SSSR count). The number of hydrogen-bond acceptors (Lipinski definition) is 2. The summed E-state index contributed by atoms with van der Waals surface area (Å²) in [5, 5.41) is 1.26. The van der Waals surface area contributed by atoms with E-state index in [0.29, 0.717) is 34.3 Å². The second-order valence-corrected chi connectivity index (χ2v) is 22.6. The molecular formula is C31H52B2N2P2. The maximum absolute atomic E-state index is 2.70. The highest BCUT2D eigenvalue weighted by molar-refractivity contribution is 7.64. The maximum Gasteiger partial charge on any atom is 0.279 e. The Morgan fingerprint density at radius 1 is 0.514 bits per heavy atom. The van der Waals surface area contributed by atoms with Crippen molar-refractivity contribution < 1.29 is 0 Å². The molecule has 1 saturated heterocycles. The van der Waals surface area contributed by atoms with Crippen molar-refractivity contribution >= 4 is 40.9 Å². The lowest BCUT2D eigenvalue weighted by atomic mass is 9.44. The first-order chi connectivity index (χ1) is 16.9. The van der Waals surface area contributed by atoms with Crippen LogP contribution in [0.15, 0.2) is 60.7 Å². The molecule has 0 aliphatic carbocycles. The second-order valence-electron chi connectivity index (χ2n) is 14.8. The molecule has 2 aromatic rings. The van der Waals surface area contributed by atoms with Crippen LogP contribution in [0.25, 0.3) is 0 Å². The molecular weight excluding hydrogens is 484 g/mol. The van der Waals surface area contributed by atoms with Crippen LogP contribution in [0.1, 0.15) is 83.1 Å². The number of benzene rings is 2. The summed E-state index contributed by atoms with van der Waals surface area (Å²) >= 11 is 0. The van der Waals surface area contributed by atoms with Crippen molar-refractivity contribution in [2.24, 2.45) is 0 Å². The van der Waals surface area contributed by atoms with Gasteiger partial charge in [0.25, 0.3) is 13.7 Å². The molecule has 2 nitrogen and oxygen atoms in total. The molecule has 6 heteroatoms. The molecule has 1 fully saturated rings. The first-order valence-corrected chi connectivity index (χ1v) is 17.2. The van der Waals surface area contributed by atoms with Gasteiger partial charge in [-0.2, -0.15) is 0 Å². The fraction of sp³-hybridized carbons (Fsp3) is 0.613. The van der Waals surface area contributed by atoms with Gasteiger partial charge in [-0.3, -0.25) is 0 Å². The van der Waals surface area contributed by atoms with Gasteiger partial charge in [0.1, 0.15) is 0 Å². The van der Waals surface area contributed by atoms with Crippen molar-refractivity contribution in [2.75, 3.05) is 22.0 Å². The Kier molecular flexibility index (Phi) is 9.30. The summed E-state index contributed by atoms with van der Waals surface area (Å²) in [4.78, 5) is 5.40. The number of anilines is 2. The van der Waals surface area contributed by atoms with Crippen molar-refractivity contribution in [1.29, 1.82) is 0 Å². The minimum absolute atomic E-state index is 0.206. The van der Waals surface area contributed by atoms with Crippen molar-refractivity contribution in [1.82, 2.24) is 0 Å². The Bertz CT molecular complexity index is 879. The zero-order chi connectivity index (χ0) is 27.8. The lowest BCUT2D eigenvalue weighted by Crippen LogP contribution is -2.51. The van der Waals surface area contributed by atoms with E-state index in [1.807, 2.05) is 0 Å². The first-order valence-electron chi connectivity index (χ1n) is 14.1. The van der Waals surface area contributed by atoms with Crippen LogP contribution < -0.4 is 9.84 Å². The van der Waals surface area contributed by atoms with Crippen LogP contribution in [0.4, 0.5) is 11.4 Å². The molecule has 0 N–H and O–H groups in total. The molecule has 1 heterocycles. The van der Waals surface area contributed by atoms with E-state index in [1.54, 1.807) is 0 Å². The number of rotatable bonds is 6. The SMILES string of the molecule is CC(C)(C)P(CB1CB(CP(C(C)(C)C)C(C)(C)C)N(c2ccccc2)N1c1ccccc1)C(C)(C)C. The van der Waals surface area contributed by atoms with Crippen LogP contribution in [-0.2, 0) is 0 Å². The van der Waals surface area contributed by atoms with Crippen LogP contribution in [0.5, 0.6) is 0 Å². The van der Waals surface area contributed by atoms with Gasteiger partial charge in [0.2, 0.25) is 0 Å². The van der Waals surface area contributed by atoms with Crippen molar-refractivity contribution in [3.8, 4) is 0 Å². The molecule has 0 atom stereocenters. The molecule has 0 unspecified atom stereocenters. The van der Waals surface area contributed by atoms with Crippen LogP contribution in [0.2, 0.25) is 6.22 Å². The van der Waals surface area contributed by atoms with E-state index < -0.39 is 0 Å². The second kappa shape index (κ2) is 11.3. The Hall–Kier alpha value is -0.970. The molecule has 0 aromatic heterocycles. The summed E-state index contributed by atoms with van der Waals surface area (Å²) in [5.41, 5.74) is 2.65. The standard InChI is InChI=1S/C31H52B2N2P2/c1-28(2,3)36(29(4,5)6)24-32-23-33(25-37(30(7,8)9)31(10,11)12)35(27-21-17-14-18-22-27)34(32)26-19-15-13-16-20-26/h13-22H,23-25H2,1-12H3. The highest BCUT2D eigenvalue weighted by atomic mass is 31.1. The van der Waals surface area contributed by atoms with Gasteiger partial charge in [-0.05, 0) is 63.2 Å². The van der Waals surface area contributed by atoms with E-state index >= 15 is 0 Å². The number of hydrazine groups is 1. The van der Waals surface area contributed by atoms with Gasteiger partial charge < -0.3 is 9.84 Å². The largest absolute Gasteiger partial charge is 0.342 e. The lowest BCUT2D eigenvalue weighted by Gasteiger charge is -2.46. The summed E-state index contributed by atoms with van der Waals surface area (Å²) < 4.78 is 0. The van der Waals surface area contributed by atoms with Gasteiger partial charge in [-0.15, -0.1) is 15.8 Å². The molecule has 0 spiro atoms. The summed E-state index contributed by atoms with van der Waals surface area (Å²) in [6, 6.07) is 24.9. The molecule has 0 amide bonds. The molecule has 0 radical (unpaired) electrons. The minimum Gasteiger partial charge on any atom is -0.342 e. The summed E-state index contributed by atoms with van der Waals surface area (Å²) in [6.07, 6.45) is 1.22. The summed E-state index contributed by atoms with van der Waals surface area (Å²) in [6.45, 7) is 30.6. The molecule has 37 heavy (non-hydrogen) atoms. The number of para-hydroxylation sites is 2. The topological polar surface area (TPSA) is 6.48 Å². The van der Waals surface area contributed by atoms with Gasteiger partial charge in [-0.1, -0.05) is 119 Å². The van der Waals surface area contributed by atoms with E-state index in [4.69, 9.17) is 0 Å². The Morgan fingerprint density at radius 3 is 1.03 bits per heavy atom. The van der Waals surface area contributed by atoms with Crippen molar-refractivity contribution in [2.45, 2.75) is 110 Å². The summed E-state index contributed by atoms with van der Waals surface area (Å²) in [5.74, 6) is 0. The monoisotopic (exact) mass is 536 g/mol. The van der Waals surface area contributed by atoms with Crippen LogP contribution in [0, 0.1) is 0 Å². The third kappa shape index (κ3) is 7.57. The van der Waals surface area contributed by atoms with Crippen molar-refractivity contribution in [3.05, 3.63) is 60.7 Å². The fourth-order valence-corrected chi connectivity index (χ4v) is 14.2. The third-order valence-electron chi connectivity index (χ3n) is 7.54. The first kappa shape index (κ1) is 30.6. The summed E-state index contributed by atoms with van der Waals surface area (Å²) in [7, 11) is -0.413. The Labute approximate surface area is 233 Å². The van der Waals surface area contributed by atoms with Crippen LogP contribution in [-0.4, -0.2) is 46.4 Å². The molecule has 1 aliphatic rings. The van der Waals surface area contributed by atoms with Gasteiger partial charge in [-0.25, -0.2) is 0 Å².